The number of amides is 1. The summed E-state index contributed by atoms with van der Waals surface area (Å²) in [7, 11) is 0. The lowest BCUT2D eigenvalue weighted by Crippen LogP contribution is -2.51. The number of carbonyl (C=O) groups excluding carboxylic acids is 1. The van der Waals surface area contributed by atoms with Gasteiger partial charge in [-0.15, -0.1) is 0 Å². The first-order valence-corrected chi connectivity index (χ1v) is 9.79. The molecule has 4 rings (SSSR count). The predicted molar refractivity (Wildman–Crippen MR) is 105 cm³/mol. The monoisotopic (exact) mass is 424 g/mol. The molecule has 1 aromatic carbocycles. The Morgan fingerprint density at radius 2 is 1.83 bits per heavy atom. The van der Waals surface area contributed by atoms with Gasteiger partial charge in [0.05, 0.1) is 17.1 Å². The minimum atomic E-state index is -4.48. The van der Waals surface area contributed by atoms with Gasteiger partial charge in [-0.2, -0.15) is 13.2 Å². The van der Waals surface area contributed by atoms with E-state index >= 15 is 0 Å². The van der Waals surface area contributed by atoms with Crippen molar-refractivity contribution in [2.45, 2.75) is 12.6 Å². The van der Waals surface area contributed by atoms with Crippen molar-refractivity contribution in [2.24, 2.45) is 0 Å². The number of nitrogens with zero attached hydrogens (tertiary/aromatic N) is 4. The Bertz CT molecular complexity index is 913. The number of benzene rings is 1. The highest BCUT2D eigenvalue weighted by atomic mass is 35.5. The zero-order chi connectivity index (χ0) is 20.6. The number of carbonyl (C=O) groups is 1. The van der Waals surface area contributed by atoms with E-state index in [1.807, 2.05) is 23.1 Å². The number of para-hydroxylation sites is 1. The number of alkyl halides is 3. The lowest BCUT2D eigenvalue weighted by atomic mass is 10.2. The number of fused-ring (bicyclic) bond motifs is 1. The molecule has 2 aliphatic heterocycles. The maximum absolute atomic E-state index is 12.8. The van der Waals surface area contributed by atoms with Crippen molar-refractivity contribution in [3.63, 3.8) is 0 Å². The molecule has 29 heavy (non-hydrogen) atoms. The third kappa shape index (κ3) is 4.12. The lowest BCUT2D eigenvalue weighted by molar-refractivity contribution is -0.137. The van der Waals surface area contributed by atoms with Crippen LogP contribution < -0.4 is 9.80 Å². The minimum absolute atomic E-state index is 0.0340. The van der Waals surface area contributed by atoms with Gasteiger partial charge in [0.1, 0.15) is 5.82 Å². The van der Waals surface area contributed by atoms with Gasteiger partial charge < -0.3 is 14.7 Å². The standard InChI is InChI=1S/C20H20ClF3N4O/c21-16-11-15(20(22,23)24)12-25-19(16)27-9-7-26(8-10-27)18(29)13-28-6-5-14-3-1-2-4-17(14)28/h1-4,11-12H,5-10,13H2. The molecule has 0 bridgehead atoms. The summed E-state index contributed by atoms with van der Waals surface area (Å²) in [6, 6.07) is 8.99. The van der Waals surface area contributed by atoms with E-state index in [1.165, 1.54) is 5.56 Å². The molecule has 1 fully saturated rings. The van der Waals surface area contributed by atoms with Gasteiger partial charge >= 0.3 is 6.18 Å². The fraction of sp³-hybridized carbons (Fsp3) is 0.400. The zero-order valence-corrected chi connectivity index (χ0v) is 16.4. The van der Waals surface area contributed by atoms with Crippen LogP contribution in [0.5, 0.6) is 0 Å². The van der Waals surface area contributed by atoms with Crippen LogP contribution in [0.3, 0.4) is 0 Å². The Hall–Kier alpha value is -2.48. The first kappa shape index (κ1) is 19.8. The summed E-state index contributed by atoms with van der Waals surface area (Å²) in [5.41, 5.74) is 1.50. The first-order valence-electron chi connectivity index (χ1n) is 9.41. The van der Waals surface area contributed by atoms with Crippen molar-refractivity contribution in [1.29, 1.82) is 0 Å². The summed E-state index contributed by atoms with van der Waals surface area (Å²) in [4.78, 5) is 22.3. The van der Waals surface area contributed by atoms with Crippen LogP contribution in [-0.4, -0.2) is 55.1 Å². The van der Waals surface area contributed by atoms with Crippen LogP contribution in [0.15, 0.2) is 36.5 Å². The molecular weight excluding hydrogens is 405 g/mol. The number of anilines is 2. The largest absolute Gasteiger partial charge is 0.417 e. The Labute approximate surface area is 171 Å². The van der Waals surface area contributed by atoms with E-state index in [2.05, 4.69) is 16.0 Å². The van der Waals surface area contributed by atoms with E-state index in [0.29, 0.717) is 38.5 Å². The van der Waals surface area contributed by atoms with Crippen LogP contribution in [0.4, 0.5) is 24.7 Å². The van der Waals surface area contributed by atoms with Gasteiger partial charge in [-0.3, -0.25) is 4.79 Å². The molecule has 1 saturated heterocycles. The van der Waals surface area contributed by atoms with Gasteiger partial charge in [-0.1, -0.05) is 29.8 Å². The topological polar surface area (TPSA) is 39.7 Å². The molecule has 0 radical (unpaired) electrons. The van der Waals surface area contributed by atoms with E-state index in [0.717, 1.165) is 30.9 Å². The average molecular weight is 425 g/mol. The third-order valence-electron chi connectivity index (χ3n) is 5.39. The van der Waals surface area contributed by atoms with Gasteiger partial charge in [0, 0.05) is 44.6 Å². The van der Waals surface area contributed by atoms with Gasteiger partial charge in [0.2, 0.25) is 5.91 Å². The Morgan fingerprint density at radius 3 is 2.52 bits per heavy atom. The molecule has 0 spiro atoms. The van der Waals surface area contributed by atoms with Gasteiger partial charge in [-0.25, -0.2) is 4.98 Å². The third-order valence-corrected chi connectivity index (χ3v) is 5.67. The molecule has 0 saturated carbocycles. The lowest BCUT2D eigenvalue weighted by Gasteiger charge is -2.36. The van der Waals surface area contributed by atoms with Crippen molar-refractivity contribution in [3.8, 4) is 0 Å². The minimum Gasteiger partial charge on any atom is -0.362 e. The van der Waals surface area contributed by atoms with Crippen molar-refractivity contribution in [3.05, 3.63) is 52.7 Å². The SMILES string of the molecule is O=C(CN1CCc2ccccc21)N1CCN(c2ncc(C(F)(F)F)cc2Cl)CC1. The maximum atomic E-state index is 12.8. The smallest absolute Gasteiger partial charge is 0.362 e. The van der Waals surface area contributed by atoms with E-state index in [-0.39, 0.29) is 10.9 Å². The van der Waals surface area contributed by atoms with Crippen LogP contribution in [0, 0.1) is 0 Å². The quantitative estimate of drug-likeness (QED) is 0.756. The first-order chi connectivity index (χ1) is 13.8. The van der Waals surface area contributed by atoms with Gasteiger partial charge in [0.15, 0.2) is 0 Å². The maximum Gasteiger partial charge on any atom is 0.417 e. The van der Waals surface area contributed by atoms with E-state index in [9.17, 15) is 18.0 Å². The van der Waals surface area contributed by atoms with Crippen LogP contribution >= 0.6 is 11.6 Å². The van der Waals surface area contributed by atoms with Crippen molar-refractivity contribution < 1.29 is 18.0 Å². The molecule has 5 nitrogen and oxygen atoms in total. The molecule has 9 heteroatoms. The fourth-order valence-corrected chi connectivity index (χ4v) is 4.11. The number of halogens is 4. The normalized spacial score (nSPS) is 16.9. The second kappa shape index (κ2) is 7.74. The van der Waals surface area contributed by atoms with Gasteiger partial charge in [0.25, 0.3) is 0 Å². The molecule has 1 aromatic heterocycles. The second-order valence-electron chi connectivity index (χ2n) is 7.20. The zero-order valence-electron chi connectivity index (χ0n) is 15.6. The summed E-state index contributed by atoms with van der Waals surface area (Å²) in [5.74, 6) is 0.369. The number of piperazine rings is 1. The molecule has 0 atom stereocenters. The number of hydrogen-bond acceptors (Lipinski definition) is 4. The van der Waals surface area contributed by atoms with Gasteiger partial charge in [-0.05, 0) is 24.1 Å². The van der Waals surface area contributed by atoms with Crippen molar-refractivity contribution in [2.75, 3.05) is 49.1 Å². The van der Waals surface area contributed by atoms with Crippen LogP contribution in [-0.2, 0) is 17.4 Å². The van der Waals surface area contributed by atoms with Crippen molar-refractivity contribution >= 4 is 29.0 Å². The van der Waals surface area contributed by atoms with E-state index in [1.54, 1.807) is 4.90 Å². The summed E-state index contributed by atoms with van der Waals surface area (Å²) in [6.07, 6.45) is -2.74. The summed E-state index contributed by atoms with van der Waals surface area (Å²) < 4.78 is 38.3. The molecule has 154 valence electrons. The fourth-order valence-electron chi connectivity index (χ4n) is 3.82. The Kier molecular flexibility index (Phi) is 5.29. The summed E-state index contributed by atoms with van der Waals surface area (Å²) in [5, 5.41) is -0.0340. The molecule has 2 aliphatic rings. The number of pyridine rings is 1. The molecule has 3 heterocycles. The molecule has 0 N–H and O–H groups in total. The van der Waals surface area contributed by atoms with E-state index < -0.39 is 11.7 Å². The van der Waals surface area contributed by atoms with E-state index in [4.69, 9.17) is 11.6 Å². The highest BCUT2D eigenvalue weighted by Crippen LogP contribution is 2.34. The number of aromatic nitrogens is 1. The number of hydrogen-bond donors (Lipinski definition) is 0. The van der Waals surface area contributed by atoms with Crippen LogP contribution in [0.25, 0.3) is 0 Å². The molecular formula is C20H20ClF3N4O. The average Bonchev–Trinajstić information content (AvgIpc) is 3.10. The second-order valence-corrected chi connectivity index (χ2v) is 7.60. The highest BCUT2D eigenvalue weighted by molar-refractivity contribution is 6.33. The number of rotatable bonds is 3. The molecule has 1 amide bonds. The predicted octanol–water partition coefficient (Wildman–Crippen LogP) is 3.47. The Morgan fingerprint density at radius 1 is 1.10 bits per heavy atom. The highest BCUT2D eigenvalue weighted by Gasteiger charge is 2.32. The summed E-state index contributed by atoms with van der Waals surface area (Å²) in [6.45, 7) is 3.06. The van der Waals surface area contributed by atoms with Crippen LogP contribution in [0.1, 0.15) is 11.1 Å². The molecule has 2 aromatic rings. The Balaban J connectivity index is 1.36. The molecule has 0 aliphatic carbocycles. The van der Waals surface area contributed by atoms with Crippen LogP contribution in [0.2, 0.25) is 5.02 Å². The van der Waals surface area contributed by atoms with Crippen molar-refractivity contribution in [1.82, 2.24) is 9.88 Å². The summed E-state index contributed by atoms with van der Waals surface area (Å²) >= 11 is 6.04. The molecule has 0 unspecified atom stereocenters.